The monoisotopic (exact) mass is 511 g/mol. The first-order valence-electron chi connectivity index (χ1n) is 13.2. The molecule has 0 radical (unpaired) electrons. The molecule has 0 saturated heterocycles. The van der Waals surface area contributed by atoms with E-state index in [1.54, 1.807) is 0 Å². The van der Waals surface area contributed by atoms with E-state index < -0.39 is 16.2 Å². The Bertz CT molecular complexity index is 1070. The first-order valence-corrected chi connectivity index (χ1v) is 14.9. The molecule has 2 aromatic rings. The molecule has 0 spiro atoms. The van der Waals surface area contributed by atoms with Gasteiger partial charge in [-0.2, -0.15) is 10.6 Å². The van der Waals surface area contributed by atoms with Crippen LogP contribution in [0.25, 0.3) is 0 Å². The molecule has 196 valence electrons. The van der Waals surface area contributed by atoms with Gasteiger partial charge in [-0.25, -0.2) is 4.79 Å². The minimum Gasteiger partial charge on any atom is -0.444 e. The van der Waals surface area contributed by atoms with Crippen molar-refractivity contribution in [3.8, 4) is 0 Å². The van der Waals surface area contributed by atoms with Crippen LogP contribution in [0, 0.1) is 0 Å². The van der Waals surface area contributed by atoms with Crippen LogP contribution >= 0.6 is 10.6 Å². The maximum Gasteiger partial charge on any atom is 0.407 e. The summed E-state index contributed by atoms with van der Waals surface area (Å²) in [6.07, 6.45) is 8.70. The van der Waals surface area contributed by atoms with Crippen molar-refractivity contribution in [1.82, 2.24) is 5.32 Å². The standard InChI is InChI=1S/C30H41NO4S/c1-30(2,3)35-29(32)31-28-18-17-24-16-15-23(12-7-8-19-36(33,34)25-13-9-14-25)20-26(24)27(28)21-22-10-5-4-6-11-22/h4-6,10-11,13,15-16,20,27-28,33-34H,7-9,12,14,17-19,21H2,1-3H3,(H,31,32). The summed E-state index contributed by atoms with van der Waals surface area (Å²) in [4.78, 5) is 13.5. The average Bonchev–Trinajstić information content (AvgIpc) is 2.76. The molecule has 0 bridgehead atoms. The molecule has 1 amide bonds. The van der Waals surface area contributed by atoms with Gasteiger partial charge >= 0.3 is 6.09 Å². The number of hydrogen-bond acceptors (Lipinski definition) is 4. The lowest BCUT2D eigenvalue weighted by Gasteiger charge is -2.38. The van der Waals surface area contributed by atoms with Gasteiger partial charge < -0.3 is 10.1 Å². The van der Waals surface area contributed by atoms with Gasteiger partial charge in [-0.3, -0.25) is 9.11 Å². The number of alkyl carbamates (subject to hydrolysis) is 1. The average molecular weight is 512 g/mol. The molecule has 2 aromatic carbocycles. The zero-order valence-electron chi connectivity index (χ0n) is 21.8. The zero-order valence-corrected chi connectivity index (χ0v) is 22.7. The van der Waals surface area contributed by atoms with Gasteiger partial charge in [0.25, 0.3) is 0 Å². The van der Waals surface area contributed by atoms with Gasteiger partial charge in [0, 0.05) is 22.6 Å². The first-order chi connectivity index (χ1) is 17.1. The molecule has 2 aliphatic carbocycles. The molecule has 36 heavy (non-hydrogen) atoms. The van der Waals surface area contributed by atoms with E-state index in [2.05, 4.69) is 47.8 Å². The number of ether oxygens (including phenoxy) is 1. The number of unbranched alkanes of at least 4 members (excludes halogenated alkanes) is 1. The molecular formula is C30H41NO4S. The summed E-state index contributed by atoms with van der Waals surface area (Å²) in [5.41, 5.74) is 4.66. The molecule has 4 rings (SSSR count). The minimum atomic E-state index is -2.56. The van der Waals surface area contributed by atoms with E-state index in [9.17, 15) is 13.9 Å². The number of hydrogen-bond donors (Lipinski definition) is 3. The maximum absolute atomic E-state index is 12.7. The third-order valence-electron chi connectivity index (χ3n) is 7.15. The van der Waals surface area contributed by atoms with Crippen molar-refractivity contribution in [2.45, 2.75) is 89.7 Å². The third kappa shape index (κ3) is 7.15. The Morgan fingerprint density at radius 3 is 2.47 bits per heavy atom. The number of carbonyl (C=O) groups is 1. The third-order valence-corrected chi connectivity index (χ3v) is 9.22. The number of amides is 1. The molecule has 0 heterocycles. The van der Waals surface area contributed by atoms with Crippen LogP contribution in [-0.2, 0) is 24.0 Å². The Morgan fingerprint density at radius 2 is 1.81 bits per heavy atom. The summed E-state index contributed by atoms with van der Waals surface area (Å²) in [6.45, 7) is 5.66. The minimum absolute atomic E-state index is 0.00607. The molecule has 0 saturated carbocycles. The topological polar surface area (TPSA) is 78.8 Å². The van der Waals surface area contributed by atoms with Crippen LogP contribution in [0.2, 0.25) is 0 Å². The number of benzene rings is 2. The smallest absolute Gasteiger partial charge is 0.407 e. The first kappa shape index (κ1) is 26.8. The Hall–Kier alpha value is -2.28. The lowest BCUT2D eigenvalue weighted by Crippen LogP contribution is -2.44. The maximum atomic E-state index is 12.7. The van der Waals surface area contributed by atoms with E-state index >= 15 is 0 Å². The van der Waals surface area contributed by atoms with Crippen molar-refractivity contribution in [2.24, 2.45) is 0 Å². The fourth-order valence-corrected chi connectivity index (χ4v) is 6.87. The van der Waals surface area contributed by atoms with Crippen LogP contribution in [0.3, 0.4) is 0 Å². The lowest BCUT2D eigenvalue weighted by molar-refractivity contribution is 0.0491. The highest BCUT2D eigenvalue weighted by atomic mass is 32.3. The summed E-state index contributed by atoms with van der Waals surface area (Å²) in [5.74, 6) is 0.628. The normalized spacial score (nSPS) is 20.1. The molecule has 2 aliphatic rings. The van der Waals surface area contributed by atoms with E-state index in [-0.39, 0.29) is 18.1 Å². The molecule has 2 unspecified atom stereocenters. The summed E-state index contributed by atoms with van der Waals surface area (Å²) in [5, 5.41) is 3.18. The summed E-state index contributed by atoms with van der Waals surface area (Å²) >= 11 is 0. The predicted molar refractivity (Wildman–Crippen MR) is 149 cm³/mol. The second kappa shape index (κ2) is 11.4. The fraction of sp³-hybridized carbons (Fsp3) is 0.500. The van der Waals surface area contributed by atoms with Gasteiger partial charge in [-0.15, -0.1) is 0 Å². The second-order valence-corrected chi connectivity index (χ2v) is 13.4. The van der Waals surface area contributed by atoms with Crippen molar-refractivity contribution >= 4 is 16.7 Å². The van der Waals surface area contributed by atoms with Crippen molar-refractivity contribution in [3.63, 3.8) is 0 Å². The zero-order chi connectivity index (χ0) is 25.8. The number of carbonyl (C=O) groups excluding carboxylic acids is 1. The Morgan fingerprint density at radius 1 is 1.06 bits per heavy atom. The summed E-state index contributed by atoms with van der Waals surface area (Å²) < 4.78 is 26.3. The molecule has 2 atom stereocenters. The summed E-state index contributed by atoms with van der Waals surface area (Å²) in [6, 6.07) is 17.3. The SMILES string of the molecule is CC(C)(C)OC(=O)NC1CCc2ccc(CCCCS(O)(O)C3=CCC3)cc2C1Cc1ccccc1. The highest BCUT2D eigenvalue weighted by Gasteiger charge is 2.32. The van der Waals surface area contributed by atoms with E-state index in [0.717, 1.165) is 56.3 Å². The van der Waals surface area contributed by atoms with Crippen molar-refractivity contribution < 1.29 is 18.6 Å². The van der Waals surface area contributed by atoms with Gasteiger partial charge in [0.2, 0.25) is 0 Å². The molecule has 5 nitrogen and oxygen atoms in total. The Balaban J connectivity index is 1.47. The Labute approximate surface area is 217 Å². The highest BCUT2D eigenvalue weighted by molar-refractivity contribution is 8.27. The van der Waals surface area contributed by atoms with E-state index in [4.69, 9.17) is 4.74 Å². The van der Waals surface area contributed by atoms with Crippen LogP contribution in [0.5, 0.6) is 0 Å². The van der Waals surface area contributed by atoms with Crippen LogP contribution in [0.15, 0.2) is 59.5 Å². The van der Waals surface area contributed by atoms with Gasteiger partial charge in [-0.05, 0) is 94.4 Å². The van der Waals surface area contributed by atoms with Crippen LogP contribution in [0.1, 0.15) is 81.0 Å². The van der Waals surface area contributed by atoms with Crippen LogP contribution in [-0.4, -0.2) is 32.6 Å². The Kier molecular flexibility index (Phi) is 8.48. The van der Waals surface area contributed by atoms with Crippen LogP contribution < -0.4 is 5.32 Å². The van der Waals surface area contributed by atoms with Crippen molar-refractivity contribution in [1.29, 1.82) is 0 Å². The molecule has 3 N–H and O–H groups in total. The number of nitrogens with one attached hydrogen (secondary N) is 1. The number of fused-ring (bicyclic) bond motifs is 1. The molecule has 6 heteroatoms. The number of rotatable bonds is 9. The molecular weight excluding hydrogens is 470 g/mol. The van der Waals surface area contributed by atoms with Gasteiger partial charge in [0.15, 0.2) is 0 Å². The predicted octanol–water partition coefficient (Wildman–Crippen LogP) is 7.60. The van der Waals surface area contributed by atoms with Gasteiger partial charge in [0.1, 0.15) is 5.60 Å². The molecule has 0 aromatic heterocycles. The van der Waals surface area contributed by atoms with Crippen molar-refractivity contribution in [3.05, 3.63) is 81.8 Å². The number of allylic oxidation sites excluding steroid dienone is 2. The highest BCUT2D eigenvalue weighted by Crippen LogP contribution is 2.53. The van der Waals surface area contributed by atoms with E-state index in [0.29, 0.717) is 5.75 Å². The molecule has 0 aliphatic heterocycles. The summed E-state index contributed by atoms with van der Waals surface area (Å²) in [7, 11) is -2.56. The quantitative estimate of drug-likeness (QED) is 0.303. The largest absolute Gasteiger partial charge is 0.444 e. The number of aryl methyl sites for hydroxylation is 2. The second-order valence-electron chi connectivity index (χ2n) is 11.2. The van der Waals surface area contributed by atoms with Gasteiger partial charge in [-0.1, -0.05) is 54.6 Å². The van der Waals surface area contributed by atoms with Gasteiger partial charge in [0.05, 0.1) is 0 Å². The van der Waals surface area contributed by atoms with E-state index in [1.807, 2.05) is 32.9 Å². The molecule has 0 fully saturated rings. The fourth-order valence-electron chi connectivity index (χ4n) is 5.18. The van der Waals surface area contributed by atoms with Crippen LogP contribution in [0.4, 0.5) is 4.79 Å². The van der Waals surface area contributed by atoms with Crippen molar-refractivity contribution in [2.75, 3.05) is 5.75 Å². The van der Waals surface area contributed by atoms with E-state index in [1.165, 1.54) is 22.3 Å². The lowest BCUT2D eigenvalue weighted by atomic mass is 9.75.